The predicted octanol–water partition coefficient (Wildman–Crippen LogP) is 4.13. The van der Waals surface area contributed by atoms with Crippen LogP contribution in [0.3, 0.4) is 0 Å². The Labute approximate surface area is 110 Å². The molecule has 18 heavy (non-hydrogen) atoms. The molecule has 0 bridgehead atoms. The number of benzene rings is 1. The average molecular weight is 249 g/mol. The Morgan fingerprint density at radius 3 is 2.89 bits per heavy atom. The first kappa shape index (κ1) is 13.5. The molecule has 1 aromatic carbocycles. The minimum atomic E-state index is -0.141. The molecule has 0 aliphatic heterocycles. The highest BCUT2D eigenvalue weighted by Crippen LogP contribution is 2.30. The molecule has 1 aromatic rings. The third-order valence-corrected chi connectivity index (χ3v) is 4.14. The summed E-state index contributed by atoms with van der Waals surface area (Å²) >= 11 is 0. The third-order valence-electron chi connectivity index (χ3n) is 4.14. The zero-order valence-corrected chi connectivity index (χ0v) is 11.5. The maximum absolute atomic E-state index is 13.1. The summed E-state index contributed by atoms with van der Waals surface area (Å²) in [6.07, 6.45) is 5.23. The van der Waals surface area contributed by atoms with Gasteiger partial charge >= 0.3 is 0 Å². The summed E-state index contributed by atoms with van der Waals surface area (Å²) in [5.41, 5.74) is 1.04. The zero-order chi connectivity index (χ0) is 13.0. The first-order chi connectivity index (χ1) is 8.65. The fourth-order valence-electron chi connectivity index (χ4n) is 2.93. The number of hydrogen-bond donors (Lipinski definition) is 1. The van der Waals surface area contributed by atoms with Gasteiger partial charge in [0.1, 0.15) is 5.82 Å². The molecule has 100 valence electrons. The van der Waals surface area contributed by atoms with Crippen LogP contribution in [0.4, 0.5) is 4.39 Å². The van der Waals surface area contributed by atoms with E-state index in [1.165, 1.54) is 31.7 Å². The van der Waals surface area contributed by atoms with Gasteiger partial charge < -0.3 is 5.32 Å². The van der Waals surface area contributed by atoms with Crippen molar-refractivity contribution in [3.63, 3.8) is 0 Å². The van der Waals surface area contributed by atoms with E-state index in [4.69, 9.17) is 0 Å². The highest BCUT2D eigenvalue weighted by atomic mass is 19.1. The van der Waals surface area contributed by atoms with Crippen LogP contribution >= 0.6 is 0 Å². The Kier molecular flexibility index (Phi) is 4.76. The highest BCUT2D eigenvalue weighted by Gasteiger charge is 2.23. The Morgan fingerprint density at radius 2 is 2.17 bits per heavy atom. The van der Waals surface area contributed by atoms with E-state index in [1.807, 2.05) is 6.07 Å². The molecule has 1 nitrogen and oxygen atoms in total. The van der Waals surface area contributed by atoms with Crippen LogP contribution in [-0.4, -0.2) is 6.04 Å². The second kappa shape index (κ2) is 6.33. The maximum Gasteiger partial charge on any atom is 0.123 e. The Hall–Kier alpha value is -0.890. The van der Waals surface area contributed by atoms with Crippen molar-refractivity contribution in [3.05, 3.63) is 35.6 Å². The Bertz CT molecular complexity index is 375. The molecule has 0 aromatic heterocycles. The summed E-state index contributed by atoms with van der Waals surface area (Å²) in [6, 6.07) is 7.49. The van der Waals surface area contributed by atoms with Crippen molar-refractivity contribution in [1.82, 2.24) is 5.32 Å². The van der Waals surface area contributed by atoms with Crippen molar-refractivity contribution in [1.29, 1.82) is 0 Å². The van der Waals surface area contributed by atoms with E-state index in [9.17, 15) is 4.39 Å². The van der Waals surface area contributed by atoms with E-state index in [2.05, 4.69) is 19.2 Å². The van der Waals surface area contributed by atoms with Gasteiger partial charge in [0, 0.05) is 12.6 Å². The van der Waals surface area contributed by atoms with Gasteiger partial charge in [-0.25, -0.2) is 4.39 Å². The van der Waals surface area contributed by atoms with Gasteiger partial charge in [-0.2, -0.15) is 0 Å². The molecule has 2 rings (SSSR count). The van der Waals surface area contributed by atoms with E-state index in [-0.39, 0.29) is 5.82 Å². The van der Waals surface area contributed by atoms with Crippen molar-refractivity contribution in [2.75, 3.05) is 0 Å². The predicted molar refractivity (Wildman–Crippen MR) is 73.8 cm³/mol. The molecule has 0 saturated heterocycles. The molecule has 0 amide bonds. The molecule has 0 heterocycles. The van der Waals surface area contributed by atoms with Crippen LogP contribution in [0.2, 0.25) is 0 Å². The lowest BCUT2D eigenvalue weighted by atomic mass is 9.79. The highest BCUT2D eigenvalue weighted by molar-refractivity contribution is 5.16. The largest absolute Gasteiger partial charge is 0.310 e. The Morgan fingerprint density at radius 1 is 1.33 bits per heavy atom. The lowest BCUT2D eigenvalue weighted by Gasteiger charge is -2.32. The zero-order valence-electron chi connectivity index (χ0n) is 11.5. The van der Waals surface area contributed by atoms with Crippen LogP contribution in [0.1, 0.15) is 45.1 Å². The van der Waals surface area contributed by atoms with E-state index in [0.29, 0.717) is 6.04 Å². The van der Waals surface area contributed by atoms with Crippen LogP contribution in [0.25, 0.3) is 0 Å². The molecule has 0 spiro atoms. The van der Waals surface area contributed by atoms with Gasteiger partial charge in [0.25, 0.3) is 0 Å². The van der Waals surface area contributed by atoms with Gasteiger partial charge in [0.15, 0.2) is 0 Å². The molecular formula is C16H24FN. The summed E-state index contributed by atoms with van der Waals surface area (Å²) in [5.74, 6) is 1.49. The van der Waals surface area contributed by atoms with Crippen LogP contribution < -0.4 is 5.32 Å². The summed E-state index contributed by atoms with van der Waals surface area (Å²) in [5, 5.41) is 3.58. The molecule has 1 fully saturated rings. The van der Waals surface area contributed by atoms with Gasteiger partial charge in [-0.3, -0.25) is 0 Å². The maximum atomic E-state index is 13.1. The van der Waals surface area contributed by atoms with Gasteiger partial charge in [0.05, 0.1) is 0 Å². The lowest BCUT2D eigenvalue weighted by Crippen LogP contribution is -2.35. The molecular weight excluding hydrogens is 225 g/mol. The lowest BCUT2D eigenvalue weighted by molar-refractivity contribution is 0.231. The van der Waals surface area contributed by atoms with Gasteiger partial charge in [-0.15, -0.1) is 0 Å². The average Bonchev–Trinajstić information content (AvgIpc) is 2.37. The molecule has 2 unspecified atom stereocenters. The summed E-state index contributed by atoms with van der Waals surface area (Å²) in [6.45, 7) is 5.42. The SMILES string of the molecule is CC(C)C1CCCC(NCc2cccc(F)c2)C1. The van der Waals surface area contributed by atoms with Gasteiger partial charge in [-0.1, -0.05) is 38.8 Å². The van der Waals surface area contributed by atoms with E-state index >= 15 is 0 Å². The molecule has 2 heteroatoms. The van der Waals surface area contributed by atoms with Gasteiger partial charge in [0.2, 0.25) is 0 Å². The van der Waals surface area contributed by atoms with Crippen LogP contribution in [0.15, 0.2) is 24.3 Å². The monoisotopic (exact) mass is 249 g/mol. The van der Waals surface area contributed by atoms with Crippen molar-refractivity contribution in [3.8, 4) is 0 Å². The molecule has 2 atom stereocenters. The van der Waals surface area contributed by atoms with Crippen molar-refractivity contribution in [2.24, 2.45) is 11.8 Å². The fraction of sp³-hybridized carbons (Fsp3) is 0.625. The van der Waals surface area contributed by atoms with Crippen molar-refractivity contribution < 1.29 is 4.39 Å². The second-order valence-corrected chi connectivity index (χ2v) is 5.88. The van der Waals surface area contributed by atoms with Gasteiger partial charge in [-0.05, 0) is 42.4 Å². The fourth-order valence-corrected chi connectivity index (χ4v) is 2.93. The third kappa shape index (κ3) is 3.81. The molecule has 0 radical (unpaired) electrons. The minimum Gasteiger partial charge on any atom is -0.310 e. The van der Waals surface area contributed by atoms with Crippen molar-refractivity contribution in [2.45, 2.75) is 52.1 Å². The molecule has 1 N–H and O–H groups in total. The number of nitrogens with one attached hydrogen (secondary N) is 1. The Balaban J connectivity index is 1.83. The summed E-state index contributed by atoms with van der Waals surface area (Å²) in [7, 11) is 0. The van der Waals surface area contributed by atoms with E-state index < -0.39 is 0 Å². The summed E-state index contributed by atoms with van der Waals surface area (Å²) < 4.78 is 13.1. The first-order valence-electron chi connectivity index (χ1n) is 7.13. The van der Waals surface area contributed by atoms with E-state index in [0.717, 1.165) is 23.9 Å². The quantitative estimate of drug-likeness (QED) is 0.846. The second-order valence-electron chi connectivity index (χ2n) is 5.88. The smallest absolute Gasteiger partial charge is 0.123 e. The van der Waals surface area contributed by atoms with E-state index in [1.54, 1.807) is 12.1 Å². The molecule has 1 aliphatic rings. The van der Waals surface area contributed by atoms with Crippen LogP contribution in [0, 0.1) is 17.7 Å². The van der Waals surface area contributed by atoms with Crippen LogP contribution in [-0.2, 0) is 6.54 Å². The van der Waals surface area contributed by atoms with Crippen molar-refractivity contribution >= 4 is 0 Å². The first-order valence-corrected chi connectivity index (χ1v) is 7.13. The topological polar surface area (TPSA) is 12.0 Å². The summed E-state index contributed by atoms with van der Waals surface area (Å²) in [4.78, 5) is 0. The number of rotatable bonds is 4. The number of halogens is 1. The van der Waals surface area contributed by atoms with Crippen LogP contribution in [0.5, 0.6) is 0 Å². The standard InChI is InChI=1S/C16H24FN/c1-12(2)14-6-4-8-16(10-14)18-11-13-5-3-7-15(17)9-13/h3,5,7,9,12,14,16,18H,4,6,8,10-11H2,1-2H3. The molecule has 1 aliphatic carbocycles. The molecule has 1 saturated carbocycles. The normalized spacial score (nSPS) is 24.4. The minimum absolute atomic E-state index is 0.141. The number of hydrogen-bond acceptors (Lipinski definition) is 1.